The SMILES string of the molecule is CCOC(=O)C[C@@H](C)NC[C@H](O)[C@H](F)c1ccccc1. The molecule has 0 bridgehead atoms. The van der Waals surface area contributed by atoms with Crippen LogP contribution in [0.3, 0.4) is 0 Å². The Morgan fingerprint density at radius 3 is 2.65 bits per heavy atom. The zero-order valence-corrected chi connectivity index (χ0v) is 11.9. The largest absolute Gasteiger partial charge is 0.466 e. The Morgan fingerprint density at radius 2 is 2.05 bits per heavy atom. The second-order valence-corrected chi connectivity index (χ2v) is 4.70. The van der Waals surface area contributed by atoms with Gasteiger partial charge in [-0.05, 0) is 19.4 Å². The van der Waals surface area contributed by atoms with E-state index in [0.717, 1.165) is 0 Å². The Labute approximate surface area is 119 Å². The molecule has 0 aromatic heterocycles. The van der Waals surface area contributed by atoms with Gasteiger partial charge in [0, 0.05) is 12.6 Å². The van der Waals surface area contributed by atoms with Crippen molar-refractivity contribution < 1.29 is 19.0 Å². The quantitative estimate of drug-likeness (QED) is 0.716. The molecule has 112 valence electrons. The molecule has 0 aliphatic carbocycles. The summed E-state index contributed by atoms with van der Waals surface area (Å²) in [5, 5.41) is 12.7. The summed E-state index contributed by atoms with van der Waals surface area (Å²) < 4.78 is 18.8. The first-order valence-electron chi connectivity index (χ1n) is 6.80. The molecule has 3 atom stereocenters. The van der Waals surface area contributed by atoms with Crippen LogP contribution in [-0.4, -0.2) is 36.4 Å². The predicted molar refractivity (Wildman–Crippen MR) is 75.0 cm³/mol. The van der Waals surface area contributed by atoms with Crippen molar-refractivity contribution in [1.82, 2.24) is 5.32 Å². The summed E-state index contributed by atoms with van der Waals surface area (Å²) in [5.41, 5.74) is 0.444. The second-order valence-electron chi connectivity index (χ2n) is 4.70. The van der Waals surface area contributed by atoms with Crippen LogP contribution in [0.5, 0.6) is 0 Å². The molecule has 0 saturated carbocycles. The Kier molecular flexibility index (Phi) is 7.18. The molecule has 0 saturated heterocycles. The Morgan fingerprint density at radius 1 is 1.40 bits per heavy atom. The van der Waals surface area contributed by atoms with E-state index in [9.17, 15) is 14.3 Å². The average Bonchev–Trinajstić information content (AvgIpc) is 2.45. The highest BCUT2D eigenvalue weighted by Gasteiger charge is 2.21. The van der Waals surface area contributed by atoms with Crippen LogP contribution in [0.2, 0.25) is 0 Å². The number of benzene rings is 1. The summed E-state index contributed by atoms with van der Waals surface area (Å²) in [4.78, 5) is 11.3. The van der Waals surface area contributed by atoms with Gasteiger partial charge in [0.2, 0.25) is 0 Å². The third-order valence-electron chi connectivity index (χ3n) is 2.91. The van der Waals surface area contributed by atoms with Gasteiger partial charge in [-0.2, -0.15) is 0 Å². The minimum atomic E-state index is -1.45. The summed E-state index contributed by atoms with van der Waals surface area (Å²) in [7, 11) is 0. The van der Waals surface area contributed by atoms with E-state index in [2.05, 4.69) is 5.32 Å². The van der Waals surface area contributed by atoms with Crippen LogP contribution in [0.4, 0.5) is 4.39 Å². The van der Waals surface area contributed by atoms with E-state index in [1.165, 1.54) is 0 Å². The van der Waals surface area contributed by atoms with Crippen LogP contribution in [0.25, 0.3) is 0 Å². The average molecular weight is 283 g/mol. The molecule has 0 fully saturated rings. The number of hydrogen-bond donors (Lipinski definition) is 2. The highest BCUT2D eigenvalue weighted by Crippen LogP contribution is 2.20. The lowest BCUT2D eigenvalue weighted by Gasteiger charge is -2.19. The summed E-state index contributed by atoms with van der Waals surface area (Å²) >= 11 is 0. The van der Waals surface area contributed by atoms with Gasteiger partial charge in [0.15, 0.2) is 6.17 Å². The molecule has 4 nitrogen and oxygen atoms in total. The third kappa shape index (κ3) is 5.67. The van der Waals surface area contributed by atoms with E-state index in [-0.39, 0.29) is 25.0 Å². The van der Waals surface area contributed by atoms with E-state index in [0.29, 0.717) is 12.2 Å². The lowest BCUT2D eigenvalue weighted by Crippen LogP contribution is -2.37. The van der Waals surface area contributed by atoms with Crippen molar-refractivity contribution in [2.45, 2.75) is 38.6 Å². The van der Waals surface area contributed by atoms with Crippen LogP contribution in [-0.2, 0) is 9.53 Å². The summed E-state index contributed by atoms with van der Waals surface area (Å²) in [6.45, 7) is 3.96. The summed E-state index contributed by atoms with van der Waals surface area (Å²) in [6, 6.07) is 8.34. The molecule has 0 amide bonds. The monoisotopic (exact) mass is 283 g/mol. The standard InChI is InChI=1S/C15H22FNO3/c1-3-20-14(19)9-11(2)17-10-13(18)15(16)12-7-5-4-6-8-12/h4-8,11,13,15,17-18H,3,9-10H2,1-2H3/t11-,13+,15-/m1/s1. The van der Waals surface area contributed by atoms with Crippen LogP contribution >= 0.6 is 0 Å². The number of nitrogens with one attached hydrogen (secondary N) is 1. The van der Waals surface area contributed by atoms with Gasteiger partial charge in [-0.1, -0.05) is 30.3 Å². The van der Waals surface area contributed by atoms with Gasteiger partial charge < -0.3 is 15.2 Å². The molecule has 0 spiro atoms. The van der Waals surface area contributed by atoms with Crippen molar-refractivity contribution in [2.24, 2.45) is 0 Å². The van der Waals surface area contributed by atoms with Gasteiger partial charge >= 0.3 is 5.97 Å². The minimum absolute atomic E-state index is 0.0800. The molecular weight excluding hydrogens is 261 g/mol. The zero-order valence-electron chi connectivity index (χ0n) is 11.9. The number of rotatable bonds is 8. The maximum atomic E-state index is 14.0. The number of aliphatic hydroxyl groups is 1. The zero-order chi connectivity index (χ0) is 15.0. The van der Waals surface area contributed by atoms with Gasteiger partial charge in [-0.25, -0.2) is 4.39 Å². The molecule has 0 heterocycles. The van der Waals surface area contributed by atoms with Crippen LogP contribution < -0.4 is 5.32 Å². The summed E-state index contributed by atoms with van der Waals surface area (Å²) in [5.74, 6) is -0.304. The number of carbonyl (C=O) groups excluding carboxylic acids is 1. The normalized spacial score (nSPS) is 15.4. The lowest BCUT2D eigenvalue weighted by atomic mass is 10.1. The van der Waals surface area contributed by atoms with Crippen molar-refractivity contribution in [3.8, 4) is 0 Å². The molecule has 20 heavy (non-hydrogen) atoms. The first-order valence-corrected chi connectivity index (χ1v) is 6.80. The number of hydrogen-bond acceptors (Lipinski definition) is 4. The maximum absolute atomic E-state index is 14.0. The van der Waals surface area contributed by atoms with Gasteiger partial charge in [0.1, 0.15) is 6.10 Å². The molecule has 1 aromatic carbocycles. The Hall–Kier alpha value is -1.46. The van der Waals surface area contributed by atoms with E-state index >= 15 is 0 Å². The molecule has 0 unspecified atom stereocenters. The van der Waals surface area contributed by atoms with Gasteiger partial charge in [-0.3, -0.25) is 4.79 Å². The Balaban J connectivity index is 2.35. The maximum Gasteiger partial charge on any atom is 0.307 e. The number of alkyl halides is 1. The lowest BCUT2D eigenvalue weighted by molar-refractivity contribution is -0.143. The molecule has 0 aliphatic heterocycles. The molecule has 1 aromatic rings. The number of ether oxygens (including phenoxy) is 1. The summed E-state index contributed by atoms with van der Waals surface area (Å²) in [6.07, 6.45) is -2.40. The fourth-order valence-electron chi connectivity index (χ4n) is 1.83. The van der Waals surface area contributed by atoms with Crippen LogP contribution in [0, 0.1) is 0 Å². The number of carbonyl (C=O) groups is 1. The third-order valence-corrected chi connectivity index (χ3v) is 2.91. The molecule has 1 rings (SSSR count). The smallest absolute Gasteiger partial charge is 0.307 e. The number of esters is 1. The van der Waals surface area contributed by atoms with Crippen molar-refractivity contribution in [1.29, 1.82) is 0 Å². The van der Waals surface area contributed by atoms with E-state index < -0.39 is 12.3 Å². The van der Waals surface area contributed by atoms with Crippen molar-refractivity contribution >= 4 is 5.97 Å². The topological polar surface area (TPSA) is 58.6 Å². The molecule has 0 aliphatic rings. The van der Waals surface area contributed by atoms with Gasteiger partial charge in [0.25, 0.3) is 0 Å². The van der Waals surface area contributed by atoms with Gasteiger partial charge in [0.05, 0.1) is 13.0 Å². The fraction of sp³-hybridized carbons (Fsp3) is 0.533. The second kappa shape index (κ2) is 8.66. The Bertz CT molecular complexity index is 399. The molecular formula is C15H22FNO3. The number of halogens is 1. The van der Waals surface area contributed by atoms with E-state index in [4.69, 9.17) is 4.74 Å². The molecule has 2 N–H and O–H groups in total. The highest BCUT2D eigenvalue weighted by molar-refractivity contribution is 5.69. The number of aliphatic hydroxyl groups excluding tert-OH is 1. The van der Waals surface area contributed by atoms with Gasteiger partial charge in [-0.15, -0.1) is 0 Å². The van der Waals surface area contributed by atoms with Crippen molar-refractivity contribution in [3.05, 3.63) is 35.9 Å². The highest BCUT2D eigenvalue weighted by atomic mass is 19.1. The van der Waals surface area contributed by atoms with Crippen LogP contribution in [0.1, 0.15) is 32.0 Å². The van der Waals surface area contributed by atoms with Crippen LogP contribution in [0.15, 0.2) is 30.3 Å². The first kappa shape index (κ1) is 16.6. The molecule has 0 radical (unpaired) electrons. The molecule has 5 heteroatoms. The fourth-order valence-corrected chi connectivity index (χ4v) is 1.83. The minimum Gasteiger partial charge on any atom is -0.466 e. The van der Waals surface area contributed by atoms with E-state index in [1.807, 2.05) is 0 Å². The van der Waals surface area contributed by atoms with E-state index in [1.54, 1.807) is 44.2 Å². The first-order chi connectivity index (χ1) is 9.54. The predicted octanol–water partition coefficient (Wildman–Crippen LogP) is 1.99. The van der Waals surface area contributed by atoms with Crippen molar-refractivity contribution in [2.75, 3.05) is 13.2 Å². The van der Waals surface area contributed by atoms with Crippen molar-refractivity contribution in [3.63, 3.8) is 0 Å².